The highest BCUT2D eigenvalue weighted by Crippen LogP contribution is 2.42. The first-order valence-electron chi connectivity index (χ1n) is 11.2. The molecular weight excluding hydrogens is 458 g/mol. The molecule has 3 heterocycles. The second-order valence-electron chi connectivity index (χ2n) is 8.23. The quantitative estimate of drug-likeness (QED) is 0.376. The Morgan fingerprint density at radius 2 is 1.74 bits per heavy atom. The Morgan fingerprint density at radius 3 is 2.40 bits per heavy atom. The molecule has 0 bridgehead atoms. The Labute approximate surface area is 209 Å². The minimum Gasteiger partial charge on any atom is -0.497 e. The molecule has 0 spiro atoms. The number of aromatic nitrogens is 2. The molecular formula is C27H25N5O2S. The summed E-state index contributed by atoms with van der Waals surface area (Å²) in [6.45, 7) is 1.49. The molecule has 5 rings (SSSR count). The lowest BCUT2D eigenvalue weighted by molar-refractivity contribution is -0.114. The van der Waals surface area contributed by atoms with Gasteiger partial charge in [-0.3, -0.25) is 9.78 Å². The molecule has 35 heavy (non-hydrogen) atoms. The summed E-state index contributed by atoms with van der Waals surface area (Å²) in [7, 11) is 1.66. The maximum atomic E-state index is 11.5. The first kappa shape index (κ1) is 22.6. The van der Waals surface area contributed by atoms with E-state index in [-0.39, 0.29) is 18.0 Å². The maximum absolute atomic E-state index is 11.5. The second kappa shape index (κ2) is 9.60. The van der Waals surface area contributed by atoms with Crippen LogP contribution in [0.3, 0.4) is 0 Å². The molecule has 7 nitrogen and oxygen atoms in total. The van der Waals surface area contributed by atoms with Gasteiger partial charge in [0.25, 0.3) is 0 Å². The number of hydrogen-bond donors (Lipinski definition) is 2. The zero-order valence-electron chi connectivity index (χ0n) is 19.4. The summed E-state index contributed by atoms with van der Waals surface area (Å²) >= 11 is 5.84. The third kappa shape index (κ3) is 4.48. The highest BCUT2D eigenvalue weighted by atomic mass is 32.1. The fourth-order valence-electron chi connectivity index (χ4n) is 4.46. The van der Waals surface area contributed by atoms with Gasteiger partial charge < -0.3 is 24.8 Å². The number of carbonyl (C=O) groups excluding carboxylic acids is 1. The van der Waals surface area contributed by atoms with Crippen LogP contribution in [0.1, 0.15) is 30.4 Å². The molecule has 2 aromatic heterocycles. The van der Waals surface area contributed by atoms with Crippen LogP contribution in [0.2, 0.25) is 0 Å². The molecule has 8 heteroatoms. The molecule has 2 aromatic carbocycles. The third-order valence-corrected chi connectivity index (χ3v) is 6.31. The van der Waals surface area contributed by atoms with Gasteiger partial charge in [0.15, 0.2) is 5.11 Å². The van der Waals surface area contributed by atoms with Crippen molar-refractivity contribution in [3.8, 4) is 11.4 Å². The van der Waals surface area contributed by atoms with Gasteiger partial charge in [-0.1, -0.05) is 6.07 Å². The van der Waals surface area contributed by atoms with Crippen molar-refractivity contribution in [2.24, 2.45) is 0 Å². The van der Waals surface area contributed by atoms with E-state index in [1.54, 1.807) is 13.3 Å². The molecule has 1 aliphatic rings. The number of nitrogens with zero attached hydrogens (tertiary/aromatic N) is 3. The average Bonchev–Trinajstić information content (AvgIpc) is 3.49. The number of rotatable bonds is 6. The summed E-state index contributed by atoms with van der Waals surface area (Å²) < 4.78 is 7.50. The predicted molar refractivity (Wildman–Crippen MR) is 141 cm³/mol. The zero-order valence-corrected chi connectivity index (χ0v) is 20.2. The van der Waals surface area contributed by atoms with Crippen molar-refractivity contribution in [3.63, 3.8) is 0 Å². The Kier molecular flexibility index (Phi) is 6.20. The van der Waals surface area contributed by atoms with E-state index in [1.807, 2.05) is 79.0 Å². The number of thiocarbonyl (C=S) groups is 1. The van der Waals surface area contributed by atoms with E-state index in [0.717, 1.165) is 34.2 Å². The molecule has 0 radical (unpaired) electrons. The topological polar surface area (TPSA) is 71.4 Å². The van der Waals surface area contributed by atoms with Gasteiger partial charge in [-0.2, -0.15) is 0 Å². The molecule has 176 valence electrons. The number of pyridine rings is 1. The number of hydrogen-bond acceptors (Lipinski definition) is 4. The summed E-state index contributed by atoms with van der Waals surface area (Å²) in [4.78, 5) is 18.2. The maximum Gasteiger partial charge on any atom is 0.221 e. The minimum absolute atomic E-state index is 0.110. The molecule has 1 fully saturated rings. The summed E-state index contributed by atoms with van der Waals surface area (Å²) in [6, 6.07) is 25.4. The van der Waals surface area contributed by atoms with Crippen LogP contribution in [0.25, 0.3) is 5.69 Å². The third-order valence-electron chi connectivity index (χ3n) is 6.00. The van der Waals surface area contributed by atoms with Crippen LogP contribution < -0.4 is 20.3 Å². The number of methoxy groups -OCH3 is 1. The first-order chi connectivity index (χ1) is 17.0. The SMILES string of the molecule is COc1ccc(-n2cccc2[C@@H]2[C@H](c3ccccn3)NC(=S)N2c2ccc(NC(C)=O)cc2)cc1. The van der Waals surface area contributed by atoms with Crippen molar-refractivity contribution < 1.29 is 9.53 Å². The van der Waals surface area contributed by atoms with Gasteiger partial charge in [0.1, 0.15) is 11.8 Å². The molecule has 2 N–H and O–H groups in total. The predicted octanol–water partition coefficient (Wildman–Crippen LogP) is 5.02. The Hall–Kier alpha value is -4.17. The van der Waals surface area contributed by atoms with Gasteiger partial charge in [-0.25, -0.2) is 0 Å². The summed E-state index contributed by atoms with van der Waals surface area (Å²) in [6.07, 6.45) is 3.84. The normalized spacial score (nSPS) is 17.2. The van der Waals surface area contributed by atoms with Gasteiger partial charge in [0.2, 0.25) is 5.91 Å². The van der Waals surface area contributed by atoms with Crippen LogP contribution in [0, 0.1) is 0 Å². The lowest BCUT2D eigenvalue weighted by Gasteiger charge is -2.29. The highest BCUT2D eigenvalue weighted by molar-refractivity contribution is 7.80. The second-order valence-corrected chi connectivity index (χ2v) is 8.61. The summed E-state index contributed by atoms with van der Waals surface area (Å²) in [5, 5.41) is 6.92. The summed E-state index contributed by atoms with van der Waals surface area (Å²) in [5.41, 5.74) is 4.63. The van der Waals surface area contributed by atoms with E-state index in [4.69, 9.17) is 17.0 Å². The molecule has 1 amide bonds. The van der Waals surface area contributed by atoms with Crippen LogP contribution in [-0.4, -0.2) is 27.7 Å². The van der Waals surface area contributed by atoms with Gasteiger partial charge in [-0.05, 0) is 85.0 Å². The fraction of sp³-hybridized carbons (Fsp3) is 0.148. The smallest absolute Gasteiger partial charge is 0.221 e. The van der Waals surface area contributed by atoms with Crippen molar-refractivity contribution in [2.45, 2.75) is 19.0 Å². The number of anilines is 2. The molecule has 0 unspecified atom stereocenters. The largest absolute Gasteiger partial charge is 0.497 e. The Morgan fingerprint density at radius 1 is 1.00 bits per heavy atom. The van der Waals surface area contributed by atoms with Crippen molar-refractivity contribution in [2.75, 3.05) is 17.3 Å². The van der Waals surface area contributed by atoms with E-state index >= 15 is 0 Å². The van der Waals surface area contributed by atoms with Crippen LogP contribution >= 0.6 is 12.2 Å². The van der Waals surface area contributed by atoms with Gasteiger partial charge in [0.05, 0.1) is 18.8 Å². The number of amides is 1. The number of ether oxygens (including phenoxy) is 1. The van der Waals surface area contributed by atoms with E-state index in [0.29, 0.717) is 5.11 Å². The fourth-order valence-corrected chi connectivity index (χ4v) is 4.80. The van der Waals surface area contributed by atoms with Crippen molar-refractivity contribution in [3.05, 3.63) is 103 Å². The van der Waals surface area contributed by atoms with Crippen LogP contribution in [0.5, 0.6) is 5.75 Å². The van der Waals surface area contributed by atoms with E-state index in [9.17, 15) is 4.79 Å². The average molecular weight is 484 g/mol. The molecule has 1 aliphatic heterocycles. The number of benzene rings is 2. The number of carbonyl (C=O) groups is 1. The zero-order chi connectivity index (χ0) is 24.4. The molecule has 1 saturated heterocycles. The first-order valence-corrected chi connectivity index (χ1v) is 11.7. The number of nitrogens with one attached hydrogen (secondary N) is 2. The van der Waals surface area contributed by atoms with Gasteiger partial charge in [-0.15, -0.1) is 0 Å². The van der Waals surface area contributed by atoms with E-state index < -0.39 is 0 Å². The van der Waals surface area contributed by atoms with Crippen molar-refractivity contribution in [1.82, 2.24) is 14.9 Å². The van der Waals surface area contributed by atoms with Gasteiger partial charge in [0, 0.05) is 42.1 Å². The standard InChI is InChI=1S/C27H25N5O2S/c1-18(33)29-19-8-10-21(11-9-19)32-26(25(30-27(32)35)23-6-3-4-16-28-23)24-7-5-17-31(24)20-12-14-22(34-2)15-13-20/h3-17,25-26H,1-2H3,(H,29,33)(H,30,35)/t25-,26+/m0/s1. The highest BCUT2D eigenvalue weighted by Gasteiger charge is 2.42. The van der Waals surface area contributed by atoms with Crippen LogP contribution in [0.15, 0.2) is 91.3 Å². The summed E-state index contributed by atoms with van der Waals surface area (Å²) in [5.74, 6) is 0.694. The minimum atomic E-state index is -0.166. The molecule has 0 aliphatic carbocycles. The van der Waals surface area contributed by atoms with Crippen LogP contribution in [0.4, 0.5) is 11.4 Å². The molecule has 0 saturated carbocycles. The monoisotopic (exact) mass is 483 g/mol. The van der Waals surface area contributed by atoms with E-state index in [1.165, 1.54) is 6.92 Å². The lowest BCUT2D eigenvalue weighted by atomic mass is 10.0. The van der Waals surface area contributed by atoms with Crippen molar-refractivity contribution >= 4 is 34.6 Å². The van der Waals surface area contributed by atoms with Crippen molar-refractivity contribution in [1.29, 1.82) is 0 Å². The Balaban J connectivity index is 1.59. The van der Waals surface area contributed by atoms with Gasteiger partial charge >= 0.3 is 0 Å². The molecule has 2 atom stereocenters. The lowest BCUT2D eigenvalue weighted by Crippen LogP contribution is -2.30. The van der Waals surface area contributed by atoms with E-state index in [2.05, 4.69) is 31.2 Å². The van der Waals surface area contributed by atoms with Crippen LogP contribution in [-0.2, 0) is 4.79 Å². The molecule has 4 aromatic rings. The Bertz CT molecular complexity index is 1340.